The topological polar surface area (TPSA) is 63.7 Å². The van der Waals surface area contributed by atoms with Crippen molar-refractivity contribution < 1.29 is 19.1 Å². The summed E-state index contributed by atoms with van der Waals surface area (Å²) in [5, 5.41) is 0. The minimum atomic E-state index is -0.516. The predicted molar refractivity (Wildman–Crippen MR) is 79.6 cm³/mol. The molecule has 0 aliphatic carbocycles. The number of Topliss-reactive ketones (excluding diaryl/α,β-unsaturated/α-hetero) is 1. The highest BCUT2D eigenvalue weighted by atomic mass is 16.5. The molecule has 1 aliphatic heterocycles. The molecule has 1 amide bonds. The molecule has 0 saturated carbocycles. The molecular weight excluding hydrogens is 270 g/mol. The summed E-state index contributed by atoms with van der Waals surface area (Å²) in [7, 11) is 0. The second kappa shape index (κ2) is 7.57. The molecule has 0 spiro atoms. The van der Waals surface area contributed by atoms with E-state index in [2.05, 4.69) is 20.8 Å². The van der Waals surface area contributed by atoms with E-state index in [1.807, 2.05) is 0 Å². The van der Waals surface area contributed by atoms with Gasteiger partial charge in [0.25, 0.3) is 0 Å². The smallest absolute Gasteiger partial charge is 0.313 e. The number of likely N-dealkylation sites (tertiary alicyclic amines) is 1. The molecule has 0 aromatic rings. The maximum Gasteiger partial charge on any atom is 0.313 e. The summed E-state index contributed by atoms with van der Waals surface area (Å²) in [5.74, 6) is -0.279. The SMILES string of the molecule is CCOC(=O)CC(=O)CN1CCC(C(C)(C)C)CCC1=O. The lowest BCUT2D eigenvalue weighted by molar-refractivity contribution is -0.147. The van der Waals surface area contributed by atoms with Gasteiger partial charge in [-0.2, -0.15) is 0 Å². The lowest BCUT2D eigenvalue weighted by Gasteiger charge is -2.29. The van der Waals surface area contributed by atoms with Crippen LogP contribution in [0.5, 0.6) is 0 Å². The Kier molecular flexibility index (Phi) is 6.37. The highest BCUT2D eigenvalue weighted by Gasteiger charge is 2.30. The molecule has 1 atom stereocenters. The molecule has 0 aromatic heterocycles. The number of rotatable bonds is 5. The van der Waals surface area contributed by atoms with Gasteiger partial charge in [0, 0.05) is 13.0 Å². The Morgan fingerprint density at radius 1 is 1.29 bits per heavy atom. The quantitative estimate of drug-likeness (QED) is 0.576. The fourth-order valence-electron chi connectivity index (χ4n) is 2.71. The van der Waals surface area contributed by atoms with E-state index in [0.717, 1.165) is 12.8 Å². The fourth-order valence-corrected chi connectivity index (χ4v) is 2.71. The van der Waals surface area contributed by atoms with Crippen molar-refractivity contribution in [2.45, 2.75) is 53.4 Å². The van der Waals surface area contributed by atoms with Crippen molar-refractivity contribution in [3.05, 3.63) is 0 Å². The summed E-state index contributed by atoms with van der Waals surface area (Å²) in [6, 6.07) is 0. The molecule has 0 N–H and O–H groups in total. The van der Waals surface area contributed by atoms with E-state index in [4.69, 9.17) is 4.74 Å². The molecule has 1 aliphatic rings. The van der Waals surface area contributed by atoms with Crippen LogP contribution in [0.1, 0.15) is 53.4 Å². The monoisotopic (exact) mass is 297 g/mol. The lowest BCUT2D eigenvalue weighted by atomic mass is 9.77. The summed E-state index contributed by atoms with van der Waals surface area (Å²) >= 11 is 0. The first-order valence-corrected chi connectivity index (χ1v) is 7.69. The van der Waals surface area contributed by atoms with Crippen LogP contribution in [0.25, 0.3) is 0 Å². The minimum absolute atomic E-state index is 0.0129. The van der Waals surface area contributed by atoms with Crippen molar-refractivity contribution in [1.29, 1.82) is 0 Å². The van der Waals surface area contributed by atoms with Crippen molar-refractivity contribution >= 4 is 17.7 Å². The lowest BCUT2D eigenvalue weighted by Crippen LogP contribution is -2.36. The van der Waals surface area contributed by atoms with Gasteiger partial charge in [0.1, 0.15) is 6.42 Å². The number of ketones is 1. The van der Waals surface area contributed by atoms with Gasteiger partial charge in [0.05, 0.1) is 13.2 Å². The van der Waals surface area contributed by atoms with Gasteiger partial charge in [-0.15, -0.1) is 0 Å². The number of hydrogen-bond donors (Lipinski definition) is 0. The average Bonchev–Trinajstić information content (AvgIpc) is 2.52. The predicted octanol–water partition coefficient (Wildman–Crippen LogP) is 2.18. The fraction of sp³-hybridized carbons (Fsp3) is 0.812. The third-order valence-electron chi connectivity index (χ3n) is 4.05. The highest BCUT2D eigenvalue weighted by molar-refractivity contribution is 5.98. The van der Waals surface area contributed by atoms with Crippen LogP contribution >= 0.6 is 0 Å². The zero-order valence-corrected chi connectivity index (χ0v) is 13.6. The number of carbonyl (C=O) groups is 3. The van der Waals surface area contributed by atoms with E-state index in [1.165, 1.54) is 0 Å². The third kappa shape index (κ3) is 5.86. The van der Waals surface area contributed by atoms with E-state index in [9.17, 15) is 14.4 Å². The third-order valence-corrected chi connectivity index (χ3v) is 4.05. The zero-order valence-electron chi connectivity index (χ0n) is 13.6. The van der Waals surface area contributed by atoms with E-state index in [1.54, 1.807) is 11.8 Å². The second-order valence-electron chi connectivity index (χ2n) is 6.73. The molecule has 0 radical (unpaired) electrons. The Morgan fingerprint density at radius 2 is 1.95 bits per heavy atom. The number of amides is 1. The van der Waals surface area contributed by atoms with Gasteiger partial charge < -0.3 is 9.64 Å². The van der Waals surface area contributed by atoms with Crippen molar-refractivity contribution in [2.24, 2.45) is 11.3 Å². The average molecular weight is 297 g/mol. The van der Waals surface area contributed by atoms with Crippen LogP contribution in [-0.4, -0.2) is 42.3 Å². The van der Waals surface area contributed by atoms with Gasteiger partial charge in [-0.1, -0.05) is 20.8 Å². The summed E-state index contributed by atoms with van der Waals surface area (Å²) in [6.07, 6.45) is 2.00. The summed E-state index contributed by atoms with van der Waals surface area (Å²) < 4.78 is 4.75. The van der Waals surface area contributed by atoms with Crippen LogP contribution in [0.15, 0.2) is 0 Å². The maximum absolute atomic E-state index is 12.1. The van der Waals surface area contributed by atoms with Crippen molar-refractivity contribution in [3.63, 3.8) is 0 Å². The van der Waals surface area contributed by atoms with Crippen LogP contribution in [0.4, 0.5) is 0 Å². The molecule has 1 unspecified atom stereocenters. The molecular formula is C16H27NO4. The first kappa shape index (κ1) is 17.7. The summed E-state index contributed by atoms with van der Waals surface area (Å²) in [4.78, 5) is 36.8. The standard InChI is InChI=1S/C16H27NO4/c1-5-21-15(20)10-13(18)11-17-9-8-12(16(2,3)4)6-7-14(17)19/h12H,5-11H2,1-4H3. The van der Waals surface area contributed by atoms with Crippen LogP contribution < -0.4 is 0 Å². The van der Waals surface area contributed by atoms with Crippen LogP contribution in [-0.2, 0) is 19.1 Å². The maximum atomic E-state index is 12.1. The van der Waals surface area contributed by atoms with E-state index >= 15 is 0 Å². The van der Waals surface area contributed by atoms with Crippen LogP contribution in [0.3, 0.4) is 0 Å². The largest absolute Gasteiger partial charge is 0.466 e. The normalized spacial score (nSPS) is 20.1. The molecule has 0 aromatic carbocycles. The van der Waals surface area contributed by atoms with Gasteiger partial charge in [-0.25, -0.2) is 0 Å². The number of nitrogens with zero attached hydrogens (tertiary/aromatic N) is 1. The highest BCUT2D eigenvalue weighted by Crippen LogP contribution is 2.34. The van der Waals surface area contributed by atoms with E-state index < -0.39 is 5.97 Å². The first-order chi connectivity index (χ1) is 9.74. The Bertz CT molecular complexity index is 398. The number of hydrogen-bond acceptors (Lipinski definition) is 4. The van der Waals surface area contributed by atoms with Gasteiger partial charge in [-0.05, 0) is 31.1 Å². The Labute approximate surface area is 127 Å². The number of esters is 1. The van der Waals surface area contributed by atoms with E-state index in [-0.39, 0.29) is 36.7 Å². The molecule has 5 nitrogen and oxygen atoms in total. The Balaban J connectivity index is 2.53. The van der Waals surface area contributed by atoms with Gasteiger partial charge >= 0.3 is 5.97 Å². The molecule has 120 valence electrons. The molecule has 0 bridgehead atoms. The first-order valence-electron chi connectivity index (χ1n) is 7.69. The Hall–Kier alpha value is -1.39. The molecule has 1 heterocycles. The molecule has 5 heteroatoms. The van der Waals surface area contributed by atoms with Crippen molar-refractivity contribution in [1.82, 2.24) is 4.90 Å². The molecule has 21 heavy (non-hydrogen) atoms. The van der Waals surface area contributed by atoms with E-state index in [0.29, 0.717) is 18.9 Å². The van der Waals surface area contributed by atoms with Gasteiger partial charge in [0.2, 0.25) is 5.91 Å². The molecule has 1 rings (SSSR count). The van der Waals surface area contributed by atoms with Crippen LogP contribution in [0.2, 0.25) is 0 Å². The summed E-state index contributed by atoms with van der Waals surface area (Å²) in [6.45, 7) is 9.14. The molecule has 1 fully saturated rings. The molecule has 1 saturated heterocycles. The van der Waals surface area contributed by atoms with Gasteiger partial charge in [-0.3, -0.25) is 14.4 Å². The van der Waals surface area contributed by atoms with Crippen molar-refractivity contribution in [2.75, 3.05) is 19.7 Å². The second-order valence-corrected chi connectivity index (χ2v) is 6.73. The van der Waals surface area contributed by atoms with Gasteiger partial charge in [0.15, 0.2) is 5.78 Å². The summed E-state index contributed by atoms with van der Waals surface area (Å²) in [5.41, 5.74) is 0.172. The number of ether oxygens (including phenoxy) is 1. The number of carbonyl (C=O) groups excluding carboxylic acids is 3. The minimum Gasteiger partial charge on any atom is -0.466 e. The zero-order chi connectivity index (χ0) is 16.0. The Morgan fingerprint density at radius 3 is 2.52 bits per heavy atom. The van der Waals surface area contributed by atoms with Crippen LogP contribution in [0, 0.1) is 11.3 Å². The van der Waals surface area contributed by atoms with Crippen molar-refractivity contribution in [3.8, 4) is 0 Å².